The number of methoxy groups -OCH3 is 1. The predicted octanol–water partition coefficient (Wildman–Crippen LogP) is 6.02. The number of anilines is 1. The largest absolute Gasteiger partial charge is 0.500 e. The number of ether oxygens (including phenoxy) is 1. The summed E-state index contributed by atoms with van der Waals surface area (Å²) in [6.45, 7) is 12.6. The average molecular weight is 628 g/mol. The molecule has 0 bridgehead atoms. The number of benzene rings is 1. The third-order valence-corrected chi connectivity index (χ3v) is 7.68. The molecule has 1 heterocycles. The Labute approximate surface area is 261 Å². The Kier molecular flexibility index (Phi) is 19.4. The van der Waals surface area contributed by atoms with Crippen molar-refractivity contribution in [1.82, 2.24) is 15.8 Å². The number of hydrogen-bond donors (Lipinski definition) is 5. The SMILES string of the molecule is CC.CCC(F)(F)F.COC1=CC(SN)CCC1NCC#C/C(C)=C/c1c(C)cccc1NC1CCN(NCCO)CC1. The molecule has 0 spiro atoms. The molecule has 1 aromatic rings. The summed E-state index contributed by atoms with van der Waals surface area (Å²) in [5, 5.41) is 24.5. The van der Waals surface area contributed by atoms with E-state index in [0.29, 0.717) is 24.4 Å². The van der Waals surface area contributed by atoms with Crippen molar-refractivity contribution in [3.8, 4) is 11.8 Å². The number of hydrazine groups is 1. The lowest BCUT2D eigenvalue weighted by Crippen LogP contribution is -2.47. The van der Waals surface area contributed by atoms with Gasteiger partial charge in [-0.1, -0.05) is 56.7 Å². The molecule has 0 saturated carbocycles. The number of nitrogens with two attached hydrogens (primary N) is 1. The molecule has 2 aliphatic rings. The number of hydrogen-bond acceptors (Lipinski definition) is 8. The van der Waals surface area contributed by atoms with Gasteiger partial charge in [0.1, 0.15) is 5.76 Å². The lowest BCUT2D eigenvalue weighted by molar-refractivity contribution is -0.130. The molecule has 0 amide bonds. The molecule has 1 fully saturated rings. The number of halogens is 3. The third kappa shape index (κ3) is 15.4. The Morgan fingerprint density at radius 2 is 1.88 bits per heavy atom. The number of aryl methyl sites for hydroxylation is 1. The molecule has 1 saturated heterocycles. The maximum absolute atomic E-state index is 10.8. The van der Waals surface area contributed by atoms with Gasteiger partial charge in [-0.25, -0.2) is 5.01 Å². The highest BCUT2D eigenvalue weighted by Crippen LogP contribution is 2.26. The monoisotopic (exact) mass is 627 g/mol. The first-order valence-electron chi connectivity index (χ1n) is 15.1. The summed E-state index contributed by atoms with van der Waals surface area (Å²) < 4.78 is 37.9. The molecule has 6 N–H and O–H groups in total. The minimum absolute atomic E-state index is 0.162. The summed E-state index contributed by atoms with van der Waals surface area (Å²) >= 11 is 1.38. The van der Waals surface area contributed by atoms with E-state index in [4.69, 9.17) is 15.0 Å². The third-order valence-electron chi connectivity index (χ3n) is 6.95. The Hall–Kier alpha value is -2.20. The number of aliphatic hydroxyl groups excluding tert-OH is 1. The zero-order valence-corrected chi connectivity index (χ0v) is 27.4. The molecule has 1 aromatic carbocycles. The van der Waals surface area contributed by atoms with E-state index in [1.54, 1.807) is 7.11 Å². The molecule has 1 aliphatic carbocycles. The summed E-state index contributed by atoms with van der Waals surface area (Å²) in [5.41, 5.74) is 7.91. The van der Waals surface area contributed by atoms with Gasteiger partial charge in [-0.2, -0.15) is 13.2 Å². The standard InChI is InChI=1S/C27H41N5O2S.C3H5F3.C2H6/c1-20(6-5-13-29-26-10-9-23(35-28)19-27(26)34-3)18-24-21(2)7-4-8-25(24)31-22-11-15-32(16-12-22)30-14-17-33;1-2-3(4,5)6;1-2/h4,7-8,18-19,22-23,26,29-31,33H,9-17,28H2,1-3H3;2H2,1H3;1-2H3/b20-18+;;. The van der Waals surface area contributed by atoms with E-state index in [9.17, 15) is 13.2 Å². The Morgan fingerprint density at radius 1 is 1.21 bits per heavy atom. The highest BCUT2D eigenvalue weighted by Gasteiger charge is 2.23. The number of aliphatic hydroxyl groups is 1. The molecule has 3 rings (SSSR count). The first kappa shape index (κ1) is 38.8. The van der Waals surface area contributed by atoms with Gasteiger partial charge in [0.2, 0.25) is 0 Å². The lowest BCUT2D eigenvalue weighted by Gasteiger charge is -2.33. The van der Waals surface area contributed by atoms with Gasteiger partial charge in [-0.15, -0.1) is 0 Å². The molecule has 7 nitrogen and oxygen atoms in total. The van der Waals surface area contributed by atoms with Gasteiger partial charge >= 0.3 is 6.18 Å². The number of nitrogens with zero attached hydrogens (tertiary/aromatic N) is 1. The molecular formula is C32H52F3N5O2S. The Bertz CT molecular complexity index is 1050. The van der Waals surface area contributed by atoms with E-state index < -0.39 is 12.6 Å². The van der Waals surface area contributed by atoms with E-state index in [0.717, 1.165) is 62.7 Å². The van der Waals surface area contributed by atoms with Gasteiger partial charge < -0.3 is 15.2 Å². The molecule has 0 radical (unpaired) electrons. The normalized spacial score (nSPS) is 19.5. The van der Waals surface area contributed by atoms with Crippen LogP contribution in [0.25, 0.3) is 6.08 Å². The fraction of sp³-hybridized carbons (Fsp3) is 0.625. The van der Waals surface area contributed by atoms with Crippen molar-refractivity contribution < 1.29 is 23.0 Å². The summed E-state index contributed by atoms with van der Waals surface area (Å²) in [4.78, 5) is 0. The van der Waals surface area contributed by atoms with E-state index in [-0.39, 0.29) is 12.6 Å². The van der Waals surface area contributed by atoms with Crippen LogP contribution in [0.1, 0.15) is 70.9 Å². The zero-order valence-electron chi connectivity index (χ0n) is 26.6. The first-order valence-corrected chi connectivity index (χ1v) is 16.1. The van der Waals surface area contributed by atoms with E-state index in [2.05, 4.69) is 77.1 Å². The maximum atomic E-state index is 10.8. The quantitative estimate of drug-likeness (QED) is 0.159. The first-order chi connectivity index (χ1) is 20.6. The van der Waals surface area contributed by atoms with Crippen LogP contribution in [-0.4, -0.2) is 73.5 Å². The van der Waals surface area contributed by atoms with Crippen molar-refractivity contribution in [1.29, 1.82) is 0 Å². The zero-order chi connectivity index (χ0) is 32.3. The average Bonchev–Trinajstić information content (AvgIpc) is 3.01. The Morgan fingerprint density at radius 3 is 2.47 bits per heavy atom. The number of allylic oxidation sites excluding steroid dienone is 1. The second kappa shape index (κ2) is 21.5. The molecule has 2 unspecified atom stereocenters. The van der Waals surface area contributed by atoms with Crippen molar-refractivity contribution in [2.75, 3.05) is 45.2 Å². The van der Waals surface area contributed by atoms with Crippen molar-refractivity contribution >= 4 is 23.7 Å². The summed E-state index contributed by atoms with van der Waals surface area (Å²) in [6.07, 6.45) is 3.78. The van der Waals surface area contributed by atoms with Gasteiger partial charge in [0.05, 0.1) is 26.3 Å². The van der Waals surface area contributed by atoms with Crippen LogP contribution < -0.4 is 21.2 Å². The van der Waals surface area contributed by atoms with E-state index in [1.807, 2.05) is 13.8 Å². The van der Waals surface area contributed by atoms with Crippen LogP contribution in [0.15, 0.2) is 35.6 Å². The lowest BCUT2D eigenvalue weighted by atomic mass is 10.00. The van der Waals surface area contributed by atoms with Gasteiger partial charge in [0, 0.05) is 48.6 Å². The summed E-state index contributed by atoms with van der Waals surface area (Å²) in [5.74, 6) is 7.54. The molecule has 2 atom stereocenters. The molecular weight excluding hydrogens is 575 g/mol. The minimum Gasteiger partial charge on any atom is -0.500 e. The van der Waals surface area contributed by atoms with Crippen molar-refractivity contribution in [2.24, 2.45) is 5.14 Å². The topological polar surface area (TPSA) is 94.8 Å². The molecule has 11 heteroatoms. The molecule has 1 aliphatic heterocycles. The van der Waals surface area contributed by atoms with Crippen LogP contribution in [-0.2, 0) is 4.74 Å². The van der Waals surface area contributed by atoms with Crippen LogP contribution in [0, 0.1) is 18.8 Å². The molecule has 43 heavy (non-hydrogen) atoms. The maximum Gasteiger partial charge on any atom is 0.388 e. The van der Waals surface area contributed by atoms with Crippen LogP contribution in [0.5, 0.6) is 0 Å². The second-order valence-corrected chi connectivity index (χ2v) is 11.0. The number of nitrogens with one attached hydrogen (secondary N) is 3. The fourth-order valence-electron chi connectivity index (χ4n) is 4.59. The summed E-state index contributed by atoms with van der Waals surface area (Å²) in [6, 6.07) is 7.04. The minimum atomic E-state index is -3.96. The highest BCUT2D eigenvalue weighted by atomic mass is 32.2. The van der Waals surface area contributed by atoms with Crippen LogP contribution in [0.3, 0.4) is 0 Å². The fourth-order valence-corrected chi connectivity index (χ4v) is 5.08. The predicted molar refractivity (Wildman–Crippen MR) is 175 cm³/mol. The van der Waals surface area contributed by atoms with E-state index in [1.165, 1.54) is 23.1 Å². The molecule has 0 aromatic heterocycles. The van der Waals surface area contributed by atoms with Crippen molar-refractivity contribution in [3.05, 3.63) is 46.7 Å². The van der Waals surface area contributed by atoms with Crippen LogP contribution in [0.4, 0.5) is 18.9 Å². The van der Waals surface area contributed by atoms with Gasteiger partial charge in [-0.05, 0) is 68.9 Å². The van der Waals surface area contributed by atoms with Gasteiger partial charge in [0.15, 0.2) is 0 Å². The number of piperidine rings is 1. The highest BCUT2D eigenvalue weighted by molar-refractivity contribution is 7.97. The number of alkyl halides is 3. The smallest absolute Gasteiger partial charge is 0.388 e. The van der Waals surface area contributed by atoms with Gasteiger partial charge in [0.25, 0.3) is 0 Å². The van der Waals surface area contributed by atoms with Gasteiger partial charge in [-0.3, -0.25) is 15.9 Å². The van der Waals surface area contributed by atoms with Crippen LogP contribution >= 0.6 is 11.9 Å². The number of rotatable bonds is 10. The van der Waals surface area contributed by atoms with Crippen molar-refractivity contribution in [2.45, 2.75) is 90.2 Å². The second-order valence-electron chi connectivity index (χ2n) is 10.1. The van der Waals surface area contributed by atoms with E-state index >= 15 is 0 Å². The Balaban J connectivity index is 0.00000103. The van der Waals surface area contributed by atoms with Crippen LogP contribution in [0.2, 0.25) is 0 Å². The van der Waals surface area contributed by atoms with Crippen molar-refractivity contribution in [3.63, 3.8) is 0 Å². The summed E-state index contributed by atoms with van der Waals surface area (Å²) in [7, 11) is 1.72. The molecule has 244 valence electrons.